The second-order valence-electron chi connectivity index (χ2n) is 4.83. The van der Waals surface area contributed by atoms with Gasteiger partial charge in [-0.25, -0.2) is 4.39 Å². The van der Waals surface area contributed by atoms with Gasteiger partial charge in [-0.1, -0.05) is 6.07 Å². The van der Waals surface area contributed by atoms with Crippen LogP contribution in [0.25, 0.3) is 0 Å². The van der Waals surface area contributed by atoms with E-state index < -0.39 is 5.82 Å². The number of hydrogen-bond acceptors (Lipinski definition) is 3. The molecule has 0 spiro atoms. The standard InChI is InChI=1S/C15H19FO3/c1-3-19-15(11-5-6-11)13(17)9-10-4-7-14(18-2)12(16)8-10/h4,7-8,11,15H,3,5-6,9H2,1-2H3. The van der Waals surface area contributed by atoms with Crippen molar-refractivity contribution in [3.63, 3.8) is 0 Å². The number of methoxy groups -OCH3 is 1. The number of ketones is 1. The second-order valence-corrected chi connectivity index (χ2v) is 4.83. The Morgan fingerprint density at radius 3 is 2.74 bits per heavy atom. The summed E-state index contributed by atoms with van der Waals surface area (Å²) in [6, 6.07) is 4.62. The van der Waals surface area contributed by atoms with Gasteiger partial charge in [-0.15, -0.1) is 0 Å². The summed E-state index contributed by atoms with van der Waals surface area (Å²) >= 11 is 0. The van der Waals surface area contributed by atoms with E-state index in [2.05, 4.69) is 0 Å². The number of benzene rings is 1. The highest BCUT2D eigenvalue weighted by molar-refractivity contribution is 5.85. The number of carbonyl (C=O) groups is 1. The summed E-state index contributed by atoms with van der Waals surface area (Å²) in [5, 5.41) is 0. The van der Waals surface area contributed by atoms with Gasteiger partial charge in [0.05, 0.1) is 7.11 Å². The molecule has 4 heteroatoms. The molecule has 2 rings (SSSR count). The highest BCUT2D eigenvalue weighted by Gasteiger charge is 2.36. The summed E-state index contributed by atoms with van der Waals surface area (Å²) in [5.41, 5.74) is 0.661. The van der Waals surface area contributed by atoms with Crippen LogP contribution in [0.5, 0.6) is 5.75 Å². The van der Waals surface area contributed by atoms with Gasteiger partial charge in [-0.3, -0.25) is 4.79 Å². The third kappa shape index (κ3) is 3.53. The van der Waals surface area contributed by atoms with Crippen molar-refractivity contribution < 1.29 is 18.7 Å². The summed E-state index contributed by atoms with van der Waals surface area (Å²) in [6.07, 6.45) is 1.98. The van der Waals surface area contributed by atoms with E-state index in [-0.39, 0.29) is 24.1 Å². The minimum absolute atomic E-state index is 0.0360. The zero-order valence-corrected chi connectivity index (χ0v) is 11.3. The molecule has 0 aliphatic heterocycles. The van der Waals surface area contributed by atoms with Gasteiger partial charge >= 0.3 is 0 Å². The first kappa shape index (κ1) is 14.0. The fourth-order valence-corrected chi connectivity index (χ4v) is 2.19. The Hall–Kier alpha value is -1.42. The van der Waals surface area contributed by atoms with Crippen molar-refractivity contribution in [3.8, 4) is 5.75 Å². The Balaban J connectivity index is 2.03. The molecule has 0 bridgehead atoms. The maximum atomic E-state index is 13.6. The molecule has 1 unspecified atom stereocenters. The van der Waals surface area contributed by atoms with E-state index >= 15 is 0 Å². The lowest BCUT2D eigenvalue weighted by molar-refractivity contribution is -0.130. The molecule has 19 heavy (non-hydrogen) atoms. The van der Waals surface area contributed by atoms with Crippen LogP contribution < -0.4 is 4.74 Å². The number of hydrogen-bond donors (Lipinski definition) is 0. The van der Waals surface area contributed by atoms with E-state index in [4.69, 9.17) is 9.47 Å². The zero-order chi connectivity index (χ0) is 13.8. The summed E-state index contributed by atoms with van der Waals surface area (Å²) < 4.78 is 23.9. The largest absolute Gasteiger partial charge is 0.494 e. The van der Waals surface area contributed by atoms with E-state index in [0.717, 1.165) is 12.8 Å². The Labute approximate surface area is 112 Å². The first-order valence-electron chi connectivity index (χ1n) is 6.62. The zero-order valence-electron chi connectivity index (χ0n) is 11.3. The molecule has 0 amide bonds. The van der Waals surface area contributed by atoms with Crippen LogP contribution in [0.2, 0.25) is 0 Å². The molecular formula is C15H19FO3. The van der Waals surface area contributed by atoms with Crippen LogP contribution in [0, 0.1) is 11.7 Å². The Bertz CT molecular complexity index is 455. The van der Waals surface area contributed by atoms with Gasteiger partial charge in [0.15, 0.2) is 17.3 Å². The van der Waals surface area contributed by atoms with E-state index in [1.807, 2.05) is 6.92 Å². The maximum Gasteiger partial charge on any atom is 0.166 e. The maximum absolute atomic E-state index is 13.6. The van der Waals surface area contributed by atoms with Gasteiger partial charge < -0.3 is 9.47 Å². The number of ether oxygens (including phenoxy) is 2. The van der Waals surface area contributed by atoms with Gasteiger partial charge in [0, 0.05) is 13.0 Å². The first-order valence-corrected chi connectivity index (χ1v) is 6.62. The van der Waals surface area contributed by atoms with Crippen molar-refractivity contribution in [1.29, 1.82) is 0 Å². The Morgan fingerprint density at radius 1 is 1.47 bits per heavy atom. The lowest BCUT2D eigenvalue weighted by Crippen LogP contribution is -2.28. The molecule has 104 valence electrons. The van der Waals surface area contributed by atoms with Crippen LogP contribution in [0.4, 0.5) is 4.39 Å². The van der Waals surface area contributed by atoms with Crippen LogP contribution in [0.15, 0.2) is 18.2 Å². The van der Waals surface area contributed by atoms with Crippen molar-refractivity contribution in [2.45, 2.75) is 32.3 Å². The molecule has 1 aliphatic rings. The number of rotatable bonds is 7. The molecule has 1 aromatic carbocycles. The van der Waals surface area contributed by atoms with E-state index in [1.165, 1.54) is 13.2 Å². The molecule has 1 atom stereocenters. The van der Waals surface area contributed by atoms with Crippen LogP contribution in [-0.4, -0.2) is 25.6 Å². The van der Waals surface area contributed by atoms with Gasteiger partial charge in [0.1, 0.15) is 6.10 Å². The van der Waals surface area contributed by atoms with Gasteiger partial charge in [0.25, 0.3) is 0 Å². The molecule has 0 heterocycles. The quantitative estimate of drug-likeness (QED) is 0.761. The topological polar surface area (TPSA) is 35.5 Å². The molecule has 1 saturated carbocycles. The third-order valence-electron chi connectivity index (χ3n) is 3.31. The molecule has 0 aromatic heterocycles. The summed E-state index contributed by atoms with van der Waals surface area (Å²) in [7, 11) is 1.42. The SMILES string of the molecule is CCOC(C(=O)Cc1ccc(OC)c(F)c1)C1CC1. The fraction of sp³-hybridized carbons (Fsp3) is 0.533. The Kier molecular flexibility index (Phi) is 4.53. The van der Waals surface area contributed by atoms with Gasteiger partial charge in [0.2, 0.25) is 0 Å². The van der Waals surface area contributed by atoms with Crippen LogP contribution in [-0.2, 0) is 16.0 Å². The molecule has 1 fully saturated rings. The minimum Gasteiger partial charge on any atom is -0.494 e. The van der Waals surface area contributed by atoms with Crippen molar-refractivity contribution in [2.24, 2.45) is 5.92 Å². The summed E-state index contributed by atoms with van der Waals surface area (Å²) in [5.74, 6) is 0.149. The van der Waals surface area contributed by atoms with Gasteiger partial charge in [-0.05, 0) is 43.4 Å². The molecular weight excluding hydrogens is 247 g/mol. The average molecular weight is 266 g/mol. The second kappa shape index (κ2) is 6.15. The van der Waals surface area contributed by atoms with E-state index in [9.17, 15) is 9.18 Å². The Morgan fingerprint density at radius 2 is 2.21 bits per heavy atom. The predicted molar refractivity (Wildman–Crippen MR) is 69.8 cm³/mol. The van der Waals surface area contributed by atoms with Crippen LogP contribution in [0.1, 0.15) is 25.3 Å². The van der Waals surface area contributed by atoms with Gasteiger partial charge in [-0.2, -0.15) is 0 Å². The van der Waals surface area contributed by atoms with Crippen molar-refractivity contribution in [3.05, 3.63) is 29.6 Å². The number of carbonyl (C=O) groups excluding carboxylic acids is 1. The number of Topliss-reactive ketones (excluding diaryl/α,β-unsaturated/α-hetero) is 1. The van der Waals surface area contributed by atoms with E-state index in [0.29, 0.717) is 18.1 Å². The highest BCUT2D eigenvalue weighted by atomic mass is 19.1. The molecule has 0 radical (unpaired) electrons. The van der Waals surface area contributed by atoms with Crippen molar-refractivity contribution >= 4 is 5.78 Å². The molecule has 0 saturated heterocycles. The minimum atomic E-state index is -0.438. The van der Waals surface area contributed by atoms with Crippen LogP contribution in [0.3, 0.4) is 0 Å². The van der Waals surface area contributed by atoms with Crippen molar-refractivity contribution in [1.82, 2.24) is 0 Å². The lowest BCUT2D eigenvalue weighted by atomic mass is 10.0. The molecule has 0 N–H and O–H groups in total. The smallest absolute Gasteiger partial charge is 0.166 e. The van der Waals surface area contributed by atoms with Crippen LogP contribution >= 0.6 is 0 Å². The highest BCUT2D eigenvalue weighted by Crippen LogP contribution is 2.35. The summed E-state index contributed by atoms with van der Waals surface area (Å²) in [4.78, 5) is 12.2. The first-order chi connectivity index (χ1) is 9.15. The van der Waals surface area contributed by atoms with Crippen molar-refractivity contribution in [2.75, 3.05) is 13.7 Å². The normalized spacial score (nSPS) is 16.2. The number of halogens is 1. The predicted octanol–water partition coefficient (Wildman–Crippen LogP) is 2.76. The summed E-state index contributed by atoms with van der Waals surface area (Å²) in [6.45, 7) is 2.42. The third-order valence-corrected chi connectivity index (χ3v) is 3.31. The molecule has 1 aromatic rings. The molecule has 3 nitrogen and oxygen atoms in total. The molecule has 1 aliphatic carbocycles. The lowest BCUT2D eigenvalue weighted by Gasteiger charge is -2.15. The monoisotopic (exact) mass is 266 g/mol. The average Bonchev–Trinajstić information content (AvgIpc) is 3.20. The van der Waals surface area contributed by atoms with E-state index in [1.54, 1.807) is 12.1 Å². The fourth-order valence-electron chi connectivity index (χ4n) is 2.19.